The Balaban J connectivity index is 2.68. The van der Waals surface area contributed by atoms with Gasteiger partial charge in [0, 0.05) is 18.5 Å². The van der Waals surface area contributed by atoms with Crippen LogP contribution in [0, 0.1) is 0 Å². The van der Waals surface area contributed by atoms with Crippen LogP contribution in [0.3, 0.4) is 0 Å². The predicted octanol–water partition coefficient (Wildman–Crippen LogP) is 2.69. The van der Waals surface area contributed by atoms with Crippen LogP contribution < -0.4 is 5.32 Å². The molecule has 0 atom stereocenters. The first kappa shape index (κ1) is 11.8. The van der Waals surface area contributed by atoms with Crippen LogP contribution in [-0.2, 0) is 0 Å². The lowest BCUT2D eigenvalue weighted by Gasteiger charge is -1.99. The van der Waals surface area contributed by atoms with Crippen LogP contribution in [0.5, 0.6) is 0 Å². The molecule has 1 rings (SSSR count). The summed E-state index contributed by atoms with van der Waals surface area (Å²) in [5, 5.41) is 2.58. The number of rotatable bonds is 4. The van der Waals surface area contributed by atoms with Gasteiger partial charge in [-0.2, -0.15) is 0 Å². The van der Waals surface area contributed by atoms with Crippen molar-refractivity contribution in [2.75, 3.05) is 12.9 Å². The Morgan fingerprint density at radius 3 is 2.60 bits per heavy atom. The van der Waals surface area contributed by atoms with Crippen LogP contribution in [0.25, 0.3) is 6.08 Å². The highest BCUT2D eigenvalue weighted by Crippen LogP contribution is 2.06. The number of allylic oxidation sites excluding steroid dienone is 1. The first-order chi connectivity index (χ1) is 7.27. The van der Waals surface area contributed by atoms with Gasteiger partial charge < -0.3 is 5.32 Å². The van der Waals surface area contributed by atoms with Gasteiger partial charge >= 0.3 is 0 Å². The molecule has 0 spiro atoms. The summed E-state index contributed by atoms with van der Waals surface area (Å²) in [6, 6.07) is 7.43. The normalized spacial score (nSPS) is 10.5. The fraction of sp³-hybridized carbons (Fsp3) is 0.250. The van der Waals surface area contributed by atoms with Crippen molar-refractivity contribution in [3.63, 3.8) is 0 Å². The van der Waals surface area contributed by atoms with E-state index >= 15 is 0 Å². The highest BCUT2D eigenvalue weighted by atomic mass is 35.5. The van der Waals surface area contributed by atoms with Crippen molar-refractivity contribution in [2.24, 2.45) is 0 Å². The number of alkyl halides is 1. The lowest BCUT2D eigenvalue weighted by Crippen LogP contribution is -2.17. The number of carbonyl (C=O) groups is 1. The zero-order chi connectivity index (χ0) is 11.1. The average Bonchev–Trinajstić information content (AvgIpc) is 2.29. The van der Waals surface area contributed by atoms with Crippen LogP contribution in [0.15, 0.2) is 30.3 Å². The van der Waals surface area contributed by atoms with Gasteiger partial charge in [0.25, 0.3) is 5.91 Å². The van der Waals surface area contributed by atoms with E-state index < -0.39 is 0 Å². The molecule has 15 heavy (non-hydrogen) atoms. The van der Waals surface area contributed by atoms with Gasteiger partial charge in [-0.05, 0) is 24.1 Å². The molecule has 3 heteroatoms. The molecule has 1 N–H and O–H groups in total. The van der Waals surface area contributed by atoms with Crippen molar-refractivity contribution in [1.29, 1.82) is 0 Å². The quantitative estimate of drug-likeness (QED) is 0.782. The fourth-order valence-electron chi connectivity index (χ4n) is 1.17. The van der Waals surface area contributed by atoms with Crippen molar-refractivity contribution < 1.29 is 4.79 Å². The number of hydrogen-bond donors (Lipinski definition) is 1. The summed E-state index contributed by atoms with van der Waals surface area (Å²) in [6.45, 7) is 0. The minimum absolute atomic E-state index is 0.0636. The highest BCUT2D eigenvalue weighted by Gasteiger charge is 2.00. The largest absolute Gasteiger partial charge is 0.355 e. The van der Waals surface area contributed by atoms with E-state index in [0.29, 0.717) is 11.4 Å². The van der Waals surface area contributed by atoms with E-state index in [0.717, 1.165) is 12.0 Å². The lowest BCUT2D eigenvalue weighted by atomic mass is 10.1. The molecule has 0 aliphatic rings. The van der Waals surface area contributed by atoms with Crippen molar-refractivity contribution in [3.05, 3.63) is 41.5 Å². The zero-order valence-corrected chi connectivity index (χ0v) is 9.42. The standard InChI is InChI=1S/C12H14ClNO/c1-14-12(15)11-7-5-10(6-8-11)4-2-3-9-13/h2,4-8H,3,9H2,1H3,(H,14,15). The van der Waals surface area contributed by atoms with Crippen LogP contribution in [-0.4, -0.2) is 18.8 Å². The van der Waals surface area contributed by atoms with E-state index in [9.17, 15) is 4.79 Å². The first-order valence-corrected chi connectivity index (χ1v) is 5.36. The van der Waals surface area contributed by atoms with Crippen molar-refractivity contribution in [2.45, 2.75) is 6.42 Å². The Morgan fingerprint density at radius 2 is 2.07 bits per heavy atom. The number of nitrogens with one attached hydrogen (secondary N) is 1. The Bertz CT molecular complexity index is 343. The minimum atomic E-state index is -0.0636. The second-order valence-corrected chi connectivity index (χ2v) is 3.46. The molecule has 1 aromatic rings. The third-order valence-corrected chi connectivity index (χ3v) is 2.20. The average molecular weight is 224 g/mol. The molecule has 0 aliphatic heterocycles. The molecule has 1 aromatic carbocycles. The predicted molar refractivity (Wildman–Crippen MR) is 64.2 cm³/mol. The molecule has 0 heterocycles. The topological polar surface area (TPSA) is 29.1 Å². The maximum atomic E-state index is 11.2. The summed E-state index contributed by atoms with van der Waals surface area (Å²) in [7, 11) is 1.62. The van der Waals surface area contributed by atoms with E-state index in [1.165, 1.54) is 0 Å². The molecule has 0 bridgehead atoms. The highest BCUT2D eigenvalue weighted by molar-refractivity contribution is 6.17. The number of hydrogen-bond acceptors (Lipinski definition) is 1. The van der Waals surface area contributed by atoms with Gasteiger partial charge in [0.1, 0.15) is 0 Å². The molecule has 1 amide bonds. The van der Waals surface area contributed by atoms with E-state index in [-0.39, 0.29) is 5.91 Å². The molecule has 2 nitrogen and oxygen atoms in total. The SMILES string of the molecule is CNC(=O)c1ccc(C=CCCCl)cc1. The lowest BCUT2D eigenvalue weighted by molar-refractivity contribution is 0.0963. The van der Waals surface area contributed by atoms with Crippen molar-refractivity contribution in [3.8, 4) is 0 Å². The third-order valence-electron chi connectivity index (χ3n) is 1.99. The second-order valence-electron chi connectivity index (χ2n) is 3.08. The Morgan fingerprint density at radius 1 is 1.40 bits per heavy atom. The number of benzene rings is 1. The van der Waals surface area contributed by atoms with Gasteiger partial charge in [-0.3, -0.25) is 4.79 Å². The number of halogens is 1. The maximum Gasteiger partial charge on any atom is 0.251 e. The van der Waals surface area contributed by atoms with Gasteiger partial charge in [-0.15, -0.1) is 11.6 Å². The van der Waals surface area contributed by atoms with Crippen LogP contribution in [0.2, 0.25) is 0 Å². The molecule has 0 saturated heterocycles. The molecule has 0 fully saturated rings. The van der Waals surface area contributed by atoms with E-state index in [2.05, 4.69) is 5.32 Å². The van der Waals surface area contributed by atoms with E-state index in [4.69, 9.17) is 11.6 Å². The van der Waals surface area contributed by atoms with Crippen molar-refractivity contribution in [1.82, 2.24) is 5.32 Å². The Hall–Kier alpha value is -1.28. The summed E-state index contributed by atoms with van der Waals surface area (Å²) in [5.41, 5.74) is 1.75. The smallest absolute Gasteiger partial charge is 0.251 e. The molecule has 0 unspecified atom stereocenters. The summed E-state index contributed by atoms with van der Waals surface area (Å²) >= 11 is 5.55. The molecule has 0 saturated carbocycles. The molecule has 0 radical (unpaired) electrons. The molecular weight excluding hydrogens is 210 g/mol. The van der Waals surface area contributed by atoms with Gasteiger partial charge in [-0.25, -0.2) is 0 Å². The van der Waals surface area contributed by atoms with Crippen molar-refractivity contribution >= 4 is 23.6 Å². The van der Waals surface area contributed by atoms with Crippen LogP contribution in [0.4, 0.5) is 0 Å². The maximum absolute atomic E-state index is 11.2. The summed E-state index contributed by atoms with van der Waals surface area (Å²) in [5.74, 6) is 0.568. The van der Waals surface area contributed by atoms with Crippen LogP contribution >= 0.6 is 11.6 Å². The molecular formula is C12H14ClNO. The fourth-order valence-corrected chi connectivity index (χ4v) is 1.30. The van der Waals surface area contributed by atoms with Gasteiger partial charge in [0.15, 0.2) is 0 Å². The third kappa shape index (κ3) is 3.76. The minimum Gasteiger partial charge on any atom is -0.355 e. The van der Waals surface area contributed by atoms with Gasteiger partial charge in [0.2, 0.25) is 0 Å². The Labute approximate surface area is 94.9 Å². The molecule has 0 aromatic heterocycles. The van der Waals surface area contributed by atoms with Gasteiger partial charge in [0.05, 0.1) is 0 Å². The zero-order valence-electron chi connectivity index (χ0n) is 8.66. The van der Waals surface area contributed by atoms with E-state index in [1.807, 2.05) is 24.3 Å². The summed E-state index contributed by atoms with van der Waals surface area (Å²) in [4.78, 5) is 11.2. The monoisotopic (exact) mass is 223 g/mol. The second kappa shape index (κ2) is 6.25. The van der Waals surface area contributed by atoms with E-state index in [1.54, 1.807) is 19.2 Å². The Kier molecular flexibility index (Phi) is 4.91. The number of carbonyl (C=O) groups excluding carboxylic acids is 1. The van der Waals surface area contributed by atoms with Gasteiger partial charge in [-0.1, -0.05) is 24.3 Å². The molecule has 80 valence electrons. The summed E-state index contributed by atoms with van der Waals surface area (Å²) in [6.07, 6.45) is 4.87. The first-order valence-electron chi connectivity index (χ1n) is 4.82. The summed E-state index contributed by atoms with van der Waals surface area (Å²) < 4.78 is 0. The van der Waals surface area contributed by atoms with Crippen LogP contribution in [0.1, 0.15) is 22.3 Å². The number of amides is 1. The molecule has 0 aliphatic carbocycles.